The van der Waals surface area contributed by atoms with Gasteiger partial charge in [-0.15, -0.1) is 0 Å². The molecule has 1 unspecified atom stereocenters. The third-order valence-electron chi connectivity index (χ3n) is 3.64. The van der Waals surface area contributed by atoms with Crippen LogP contribution in [0.3, 0.4) is 0 Å². The molecule has 0 aliphatic heterocycles. The van der Waals surface area contributed by atoms with Gasteiger partial charge in [0, 0.05) is 6.04 Å². The second-order valence-corrected chi connectivity index (χ2v) is 5.36. The van der Waals surface area contributed by atoms with Crippen LogP contribution in [0.25, 0.3) is 0 Å². The molecule has 0 saturated heterocycles. The van der Waals surface area contributed by atoms with E-state index < -0.39 is 11.7 Å². The van der Waals surface area contributed by atoms with E-state index in [4.69, 9.17) is 4.74 Å². The normalized spacial score (nSPS) is 18.6. The minimum atomic E-state index is -4.18. The zero-order valence-corrected chi connectivity index (χ0v) is 11.8. The van der Waals surface area contributed by atoms with Crippen molar-refractivity contribution in [2.24, 2.45) is 0 Å². The summed E-state index contributed by atoms with van der Waals surface area (Å²) in [7, 11) is 0. The average molecular weight is 287 g/mol. The molecule has 0 spiro atoms. The molecule has 1 aliphatic rings. The number of benzene rings is 1. The second-order valence-electron chi connectivity index (χ2n) is 5.36. The van der Waals surface area contributed by atoms with E-state index in [0.29, 0.717) is 6.61 Å². The Kier molecular flexibility index (Phi) is 4.28. The monoisotopic (exact) mass is 287 g/mol. The summed E-state index contributed by atoms with van der Waals surface area (Å²) in [6.45, 7) is 4.42. The lowest BCUT2D eigenvalue weighted by atomic mass is 10.1. The van der Waals surface area contributed by atoms with Crippen molar-refractivity contribution in [1.29, 1.82) is 0 Å². The molecule has 20 heavy (non-hydrogen) atoms. The van der Waals surface area contributed by atoms with Crippen molar-refractivity contribution in [1.82, 2.24) is 5.32 Å². The molecule has 0 amide bonds. The molecular formula is C15H20F3NO. The van der Waals surface area contributed by atoms with Crippen LogP contribution in [0.1, 0.15) is 44.7 Å². The van der Waals surface area contributed by atoms with E-state index in [-0.39, 0.29) is 18.9 Å². The molecule has 1 aromatic rings. The van der Waals surface area contributed by atoms with E-state index in [1.54, 1.807) is 19.1 Å². The molecule has 1 N–H and O–H groups in total. The lowest BCUT2D eigenvalue weighted by molar-refractivity contribution is -0.167. The molecule has 0 aromatic heterocycles. The van der Waals surface area contributed by atoms with Gasteiger partial charge in [-0.25, -0.2) is 0 Å². The molecule has 5 heteroatoms. The summed E-state index contributed by atoms with van der Waals surface area (Å²) in [5.74, 6) is 0.750. The van der Waals surface area contributed by atoms with Gasteiger partial charge in [-0.05, 0) is 43.9 Å². The highest BCUT2D eigenvalue weighted by molar-refractivity contribution is 5.29. The van der Waals surface area contributed by atoms with Crippen molar-refractivity contribution in [3.63, 3.8) is 0 Å². The summed E-state index contributed by atoms with van der Waals surface area (Å²) >= 11 is 0. The maximum Gasteiger partial charge on any atom is 0.406 e. The first-order valence-corrected chi connectivity index (χ1v) is 6.95. The zero-order valence-electron chi connectivity index (χ0n) is 11.8. The molecule has 0 radical (unpaired) electrons. The van der Waals surface area contributed by atoms with Crippen molar-refractivity contribution in [2.45, 2.75) is 50.9 Å². The first-order valence-electron chi connectivity index (χ1n) is 6.95. The van der Waals surface area contributed by atoms with Crippen molar-refractivity contribution in [2.75, 3.05) is 6.61 Å². The predicted molar refractivity (Wildman–Crippen MR) is 71.8 cm³/mol. The Morgan fingerprint density at radius 2 is 1.85 bits per heavy atom. The lowest BCUT2D eigenvalue weighted by Gasteiger charge is -2.25. The summed E-state index contributed by atoms with van der Waals surface area (Å²) in [6.07, 6.45) is -2.92. The second kappa shape index (κ2) is 5.64. The van der Waals surface area contributed by atoms with E-state index in [2.05, 4.69) is 5.32 Å². The highest BCUT2D eigenvalue weighted by Crippen LogP contribution is 2.50. The Hall–Kier alpha value is -1.23. The van der Waals surface area contributed by atoms with E-state index in [1.165, 1.54) is 0 Å². The number of ether oxygens (including phenoxy) is 1. The van der Waals surface area contributed by atoms with Gasteiger partial charge in [0.05, 0.1) is 6.61 Å². The summed E-state index contributed by atoms with van der Waals surface area (Å²) in [6, 6.07) is 6.90. The summed E-state index contributed by atoms with van der Waals surface area (Å²) in [4.78, 5) is 0. The first-order chi connectivity index (χ1) is 9.38. The summed E-state index contributed by atoms with van der Waals surface area (Å²) in [5.41, 5.74) is -0.839. The molecule has 1 fully saturated rings. The van der Waals surface area contributed by atoms with Crippen LogP contribution in [-0.4, -0.2) is 18.3 Å². The van der Waals surface area contributed by atoms with Crippen molar-refractivity contribution in [3.05, 3.63) is 29.8 Å². The quantitative estimate of drug-likeness (QED) is 0.845. The fourth-order valence-corrected chi connectivity index (χ4v) is 2.21. The van der Waals surface area contributed by atoms with Gasteiger partial charge in [0.15, 0.2) is 0 Å². The number of hydrogen-bond acceptors (Lipinski definition) is 2. The fourth-order valence-electron chi connectivity index (χ4n) is 2.21. The highest BCUT2D eigenvalue weighted by atomic mass is 19.4. The van der Waals surface area contributed by atoms with Crippen LogP contribution in [0.4, 0.5) is 13.2 Å². The van der Waals surface area contributed by atoms with E-state index in [1.807, 2.05) is 19.1 Å². The van der Waals surface area contributed by atoms with Gasteiger partial charge < -0.3 is 4.74 Å². The summed E-state index contributed by atoms with van der Waals surface area (Å²) in [5, 5.41) is 2.72. The average Bonchev–Trinajstić information content (AvgIpc) is 3.17. The molecule has 1 aliphatic carbocycles. The SMILES string of the molecule is CCCOc1ccc(C(C)NC2(C(F)(F)F)CC2)cc1. The minimum Gasteiger partial charge on any atom is -0.494 e. The fraction of sp³-hybridized carbons (Fsp3) is 0.600. The predicted octanol–water partition coefficient (Wildman–Crippen LogP) is 4.22. The van der Waals surface area contributed by atoms with Crippen LogP contribution in [0.5, 0.6) is 5.75 Å². The third-order valence-corrected chi connectivity index (χ3v) is 3.64. The molecule has 0 heterocycles. The first kappa shape index (κ1) is 15.2. The number of alkyl halides is 3. The van der Waals surface area contributed by atoms with Crippen molar-refractivity contribution in [3.8, 4) is 5.75 Å². The van der Waals surface area contributed by atoms with Gasteiger partial charge >= 0.3 is 6.18 Å². The van der Waals surface area contributed by atoms with Crippen LogP contribution in [-0.2, 0) is 0 Å². The molecule has 2 rings (SSSR count). The molecule has 2 nitrogen and oxygen atoms in total. The van der Waals surface area contributed by atoms with Crippen LogP contribution in [0.2, 0.25) is 0 Å². The topological polar surface area (TPSA) is 21.3 Å². The number of rotatable bonds is 6. The molecule has 1 aromatic carbocycles. The lowest BCUT2D eigenvalue weighted by Crippen LogP contribution is -2.45. The van der Waals surface area contributed by atoms with Crippen LogP contribution < -0.4 is 10.1 Å². The van der Waals surface area contributed by atoms with Gasteiger partial charge in [-0.1, -0.05) is 19.1 Å². The van der Waals surface area contributed by atoms with Gasteiger partial charge in [0.2, 0.25) is 0 Å². The standard InChI is InChI=1S/C15H20F3NO/c1-3-10-20-13-6-4-12(5-7-13)11(2)19-14(8-9-14)15(16,17)18/h4-7,11,19H,3,8-10H2,1-2H3. The Labute approximate surface area is 117 Å². The third kappa shape index (κ3) is 3.26. The van der Waals surface area contributed by atoms with Gasteiger partial charge in [-0.3, -0.25) is 5.32 Å². The largest absolute Gasteiger partial charge is 0.494 e. The van der Waals surface area contributed by atoms with Crippen LogP contribution >= 0.6 is 0 Å². The molecule has 1 atom stereocenters. The van der Waals surface area contributed by atoms with Crippen LogP contribution in [0.15, 0.2) is 24.3 Å². The number of halogens is 3. The maximum atomic E-state index is 12.9. The molecule has 1 saturated carbocycles. The zero-order chi connectivity index (χ0) is 14.8. The Bertz CT molecular complexity index is 437. The van der Waals surface area contributed by atoms with E-state index in [9.17, 15) is 13.2 Å². The van der Waals surface area contributed by atoms with Gasteiger partial charge in [0.25, 0.3) is 0 Å². The van der Waals surface area contributed by atoms with Crippen molar-refractivity contribution < 1.29 is 17.9 Å². The van der Waals surface area contributed by atoms with E-state index in [0.717, 1.165) is 17.7 Å². The van der Waals surface area contributed by atoms with Crippen molar-refractivity contribution >= 4 is 0 Å². The summed E-state index contributed by atoms with van der Waals surface area (Å²) < 4.78 is 44.1. The van der Waals surface area contributed by atoms with Gasteiger partial charge in [0.1, 0.15) is 11.3 Å². The van der Waals surface area contributed by atoms with Crippen LogP contribution in [0, 0.1) is 0 Å². The molecular weight excluding hydrogens is 267 g/mol. The smallest absolute Gasteiger partial charge is 0.406 e. The number of nitrogens with one attached hydrogen (secondary N) is 1. The van der Waals surface area contributed by atoms with E-state index >= 15 is 0 Å². The molecule has 112 valence electrons. The number of hydrogen-bond donors (Lipinski definition) is 1. The minimum absolute atomic E-state index is 0.165. The Balaban J connectivity index is 1.98. The molecule has 0 bridgehead atoms. The highest BCUT2D eigenvalue weighted by Gasteiger charge is 2.63. The Morgan fingerprint density at radius 3 is 2.30 bits per heavy atom. The van der Waals surface area contributed by atoms with Gasteiger partial charge in [-0.2, -0.15) is 13.2 Å². The maximum absolute atomic E-state index is 12.9. The Morgan fingerprint density at radius 1 is 1.25 bits per heavy atom.